The van der Waals surface area contributed by atoms with Crippen LogP contribution in [0.5, 0.6) is 0 Å². The van der Waals surface area contributed by atoms with Gasteiger partial charge in [-0.2, -0.15) is 0 Å². The van der Waals surface area contributed by atoms with Crippen LogP contribution >= 0.6 is 0 Å². The highest BCUT2D eigenvalue weighted by atomic mass is 16.5. The van der Waals surface area contributed by atoms with Crippen LogP contribution in [0.3, 0.4) is 0 Å². The molecular weight excluding hydrogens is 258 g/mol. The third-order valence-corrected chi connectivity index (χ3v) is 3.53. The first-order valence-electron chi connectivity index (χ1n) is 6.86. The summed E-state index contributed by atoms with van der Waals surface area (Å²) in [6, 6.07) is 5.54. The molecule has 7 heteroatoms. The van der Waals surface area contributed by atoms with Crippen LogP contribution in [-0.4, -0.2) is 42.7 Å². The van der Waals surface area contributed by atoms with E-state index in [4.69, 9.17) is 10.6 Å². The van der Waals surface area contributed by atoms with Gasteiger partial charge in [0.05, 0.1) is 13.2 Å². The van der Waals surface area contributed by atoms with Gasteiger partial charge >= 0.3 is 0 Å². The molecule has 1 unspecified atom stereocenters. The number of hydrogen-bond donors (Lipinski definition) is 3. The summed E-state index contributed by atoms with van der Waals surface area (Å²) in [5, 5.41) is 3.02. The Kier molecular flexibility index (Phi) is 3.70. The van der Waals surface area contributed by atoms with Gasteiger partial charge in [0.1, 0.15) is 17.7 Å². The van der Waals surface area contributed by atoms with Crippen LogP contribution in [0, 0.1) is 0 Å². The summed E-state index contributed by atoms with van der Waals surface area (Å²) in [7, 11) is 0. The number of carbonyl (C=O) groups is 1. The normalized spacial score (nSPS) is 22.4. The van der Waals surface area contributed by atoms with Crippen molar-refractivity contribution in [3.63, 3.8) is 0 Å². The van der Waals surface area contributed by atoms with Crippen molar-refractivity contribution in [2.75, 3.05) is 30.1 Å². The van der Waals surface area contributed by atoms with Crippen molar-refractivity contribution in [2.24, 2.45) is 5.84 Å². The molecule has 20 heavy (non-hydrogen) atoms. The average molecular weight is 277 g/mol. The number of aromatic nitrogens is 1. The molecule has 4 N–H and O–H groups in total. The highest BCUT2D eigenvalue weighted by Crippen LogP contribution is 2.22. The Morgan fingerprint density at radius 3 is 3.05 bits per heavy atom. The van der Waals surface area contributed by atoms with Crippen LogP contribution in [0.15, 0.2) is 18.2 Å². The first-order valence-corrected chi connectivity index (χ1v) is 6.86. The largest absolute Gasteiger partial charge is 0.377 e. The summed E-state index contributed by atoms with van der Waals surface area (Å²) in [5.74, 6) is 6.71. The van der Waals surface area contributed by atoms with Gasteiger partial charge in [-0.05, 0) is 25.0 Å². The molecule has 7 nitrogen and oxygen atoms in total. The number of morpholine rings is 1. The maximum Gasteiger partial charge on any atom is 0.245 e. The summed E-state index contributed by atoms with van der Waals surface area (Å²) in [6.07, 6.45) is 2.15. The standard InChI is InChI=1S/C13H19N5O2/c14-17-11-2-1-3-12(16-11)18-6-7-20-8-10(18)13(19)15-9-4-5-9/h1-3,9-10H,4-8,14H2,(H,15,19)(H,16,17). The molecule has 1 aromatic rings. The van der Waals surface area contributed by atoms with Gasteiger partial charge in [0, 0.05) is 12.6 Å². The maximum atomic E-state index is 12.3. The van der Waals surface area contributed by atoms with Crippen molar-refractivity contribution in [1.29, 1.82) is 0 Å². The Balaban J connectivity index is 1.77. The van der Waals surface area contributed by atoms with E-state index in [1.54, 1.807) is 6.07 Å². The van der Waals surface area contributed by atoms with Gasteiger partial charge in [0.25, 0.3) is 0 Å². The van der Waals surface area contributed by atoms with E-state index in [1.165, 1.54) is 0 Å². The van der Waals surface area contributed by atoms with Crippen LogP contribution in [0.2, 0.25) is 0 Å². The molecule has 2 aliphatic rings. The van der Waals surface area contributed by atoms with Crippen LogP contribution in [0.1, 0.15) is 12.8 Å². The summed E-state index contributed by atoms with van der Waals surface area (Å²) in [4.78, 5) is 18.7. The first-order chi connectivity index (χ1) is 9.78. The van der Waals surface area contributed by atoms with E-state index in [0.717, 1.165) is 18.7 Å². The Bertz CT molecular complexity index is 491. The molecule has 1 aliphatic carbocycles. The Morgan fingerprint density at radius 2 is 2.30 bits per heavy atom. The molecule has 1 atom stereocenters. The summed E-state index contributed by atoms with van der Waals surface area (Å²) in [6.45, 7) is 1.62. The number of hydrogen-bond acceptors (Lipinski definition) is 6. The second-order valence-electron chi connectivity index (χ2n) is 5.09. The summed E-state index contributed by atoms with van der Waals surface area (Å²) in [5.41, 5.74) is 2.52. The molecule has 1 amide bonds. The predicted octanol–water partition coefficient (Wildman–Crippen LogP) is -0.149. The highest BCUT2D eigenvalue weighted by molar-refractivity contribution is 5.85. The molecule has 2 heterocycles. The number of nitrogens with one attached hydrogen (secondary N) is 2. The Hall–Kier alpha value is -1.86. The third kappa shape index (κ3) is 2.83. The second kappa shape index (κ2) is 5.64. The minimum absolute atomic E-state index is 0.0140. The van der Waals surface area contributed by atoms with Crippen LogP contribution in [-0.2, 0) is 9.53 Å². The number of nitrogen functional groups attached to an aromatic ring is 1. The fourth-order valence-electron chi connectivity index (χ4n) is 2.28. The van der Waals surface area contributed by atoms with E-state index in [1.807, 2.05) is 17.0 Å². The zero-order valence-electron chi connectivity index (χ0n) is 11.2. The Morgan fingerprint density at radius 1 is 1.45 bits per heavy atom. The SMILES string of the molecule is NNc1cccc(N2CCOCC2C(=O)NC2CC2)n1. The summed E-state index contributed by atoms with van der Waals surface area (Å²) < 4.78 is 5.44. The van der Waals surface area contributed by atoms with E-state index >= 15 is 0 Å². The minimum atomic E-state index is -0.329. The number of hydrazine groups is 1. The molecule has 3 rings (SSSR count). The fourth-order valence-corrected chi connectivity index (χ4v) is 2.28. The molecular formula is C13H19N5O2. The molecule has 0 aromatic carbocycles. The van der Waals surface area contributed by atoms with E-state index in [9.17, 15) is 4.79 Å². The highest BCUT2D eigenvalue weighted by Gasteiger charge is 2.33. The molecule has 1 saturated carbocycles. The lowest BCUT2D eigenvalue weighted by Crippen LogP contribution is -2.54. The molecule has 1 saturated heterocycles. The molecule has 0 spiro atoms. The zero-order valence-corrected chi connectivity index (χ0v) is 11.2. The minimum Gasteiger partial charge on any atom is -0.377 e. The van der Waals surface area contributed by atoms with E-state index in [-0.39, 0.29) is 11.9 Å². The van der Waals surface area contributed by atoms with Gasteiger partial charge in [-0.15, -0.1) is 0 Å². The number of nitrogens with two attached hydrogens (primary N) is 1. The van der Waals surface area contributed by atoms with Crippen molar-refractivity contribution in [1.82, 2.24) is 10.3 Å². The van der Waals surface area contributed by atoms with Crippen molar-refractivity contribution in [3.05, 3.63) is 18.2 Å². The van der Waals surface area contributed by atoms with Gasteiger partial charge in [0.15, 0.2) is 0 Å². The number of ether oxygens (including phenoxy) is 1. The number of rotatable bonds is 4. The smallest absolute Gasteiger partial charge is 0.245 e. The van der Waals surface area contributed by atoms with E-state index in [2.05, 4.69) is 15.7 Å². The van der Waals surface area contributed by atoms with Crippen molar-refractivity contribution in [2.45, 2.75) is 24.9 Å². The number of carbonyl (C=O) groups excluding carboxylic acids is 1. The maximum absolute atomic E-state index is 12.3. The Labute approximate surface area is 117 Å². The third-order valence-electron chi connectivity index (χ3n) is 3.53. The summed E-state index contributed by atoms with van der Waals surface area (Å²) >= 11 is 0. The topological polar surface area (TPSA) is 92.5 Å². The number of anilines is 2. The van der Waals surface area contributed by atoms with Crippen molar-refractivity contribution >= 4 is 17.5 Å². The average Bonchev–Trinajstić information content (AvgIpc) is 3.31. The predicted molar refractivity (Wildman–Crippen MR) is 75.2 cm³/mol. The van der Waals surface area contributed by atoms with Gasteiger partial charge in [-0.1, -0.05) is 6.07 Å². The van der Waals surface area contributed by atoms with Gasteiger partial charge < -0.3 is 20.4 Å². The number of amides is 1. The first kappa shape index (κ1) is 13.1. The molecule has 1 aromatic heterocycles. The monoisotopic (exact) mass is 277 g/mol. The quantitative estimate of drug-likeness (QED) is 0.523. The fraction of sp³-hybridized carbons (Fsp3) is 0.538. The molecule has 108 valence electrons. The molecule has 0 bridgehead atoms. The molecule has 1 aliphatic heterocycles. The number of pyridine rings is 1. The van der Waals surface area contributed by atoms with Crippen LogP contribution < -0.4 is 21.5 Å². The molecule has 0 radical (unpaired) electrons. The van der Waals surface area contributed by atoms with E-state index in [0.29, 0.717) is 31.6 Å². The van der Waals surface area contributed by atoms with E-state index < -0.39 is 0 Å². The zero-order chi connectivity index (χ0) is 13.9. The van der Waals surface area contributed by atoms with Crippen molar-refractivity contribution in [3.8, 4) is 0 Å². The second-order valence-corrected chi connectivity index (χ2v) is 5.09. The lowest BCUT2D eigenvalue weighted by Gasteiger charge is -2.35. The lowest BCUT2D eigenvalue weighted by molar-refractivity contribution is -0.124. The van der Waals surface area contributed by atoms with Gasteiger partial charge in [-0.25, -0.2) is 10.8 Å². The van der Waals surface area contributed by atoms with Gasteiger partial charge in [-0.3, -0.25) is 4.79 Å². The van der Waals surface area contributed by atoms with Crippen LogP contribution in [0.25, 0.3) is 0 Å². The molecule has 2 fully saturated rings. The van der Waals surface area contributed by atoms with Crippen LogP contribution in [0.4, 0.5) is 11.6 Å². The van der Waals surface area contributed by atoms with Crippen molar-refractivity contribution < 1.29 is 9.53 Å². The van der Waals surface area contributed by atoms with Gasteiger partial charge in [0.2, 0.25) is 5.91 Å². The number of nitrogens with zero attached hydrogens (tertiary/aromatic N) is 2. The lowest BCUT2D eigenvalue weighted by atomic mass is 10.2.